The van der Waals surface area contributed by atoms with Gasteiger partial charge in [0.25, 0.3) is 10.0 Å². The second kappa shape index (κ2) is 6.68. The number of Topliss-reactive ketones (excluding diaryl/α,β-unsaturated/α-hetero) is 1. The van der Waals surface area contributed by atoms with Crippen LogP contribution in [-0.2, 0) is 10.0 Å². The first-order chi connectivity index (χ1) is 10.3. The number of sulfonamides is 1. The van der Waals surface area contributed by atoms with Gasteiger partial charge >= 0.3 is 0 Å². The van der Waals surface area contributed by atoms with Crippen molar-refractivity contribution >= 4 is 45.7 Å². The number of benzene rings is 2. The Morgan fingerprint density at radius 1 is 1.18 bits per heavy atom. The maximum atomic E-state index is 13.0. The van der Waals surface area contributed by atoms with Gasteiger partial charge in [-0.2, -0.15) is 12.6 Å². The van der Waals surface area contributed by atoms with Crippen LogP contribution in [0.5, 0.6) is 0 Å². The third-order valence-electron chi connectivity index (χ3n) is 2.79. The van der Waals surface area contributed by atoms with E-state index in [4.69, 9.17) is 11.6 Å². The van der Waals surface area contributed by atoms with Crippen LogP contribution in [-0.4, -0.2) is 20.0 Å². The molecule has 4 nitrogen and oxygen atoms in total. The highest BCUT2D eigenvalue weighted by Gasteiger charge is 2.18. The first-order valence-corrected chi connectivity index (χ1v) is 8.55. The second-order valence-electron chi connectivity index (χ2n) is 4.34. The zero-order valence-corrected chi connectivity index (χ0v) is 13.6. The molecule has 0 radical (unpaired) electrons. The molecule has 0 saturated carbocycles. The zero-order chi connectivity index (χ0) is 16.3. The summed E-state index contributed by atoms with van der Waals surface area (Å²) in [6.07, 6.45) is 0. The molecule has 0 unspecified atom stereocenters. The number of rotatable bonds is 5. The van der Waals surface area contributed by atoms with Gasteiger partial charge in [-0.25, -0.2) is 12.8 Å². The molecule has 0 aliphatic rings. The van der Waals surface area contributed by atoms with E-state index in [2.05, 4.69) is 17.4 Å². The summed E-state index contributed by atoms with van der Waals surface area (Å²) in [4.78, 5) is 11.2. The van der Waals surface area contributed by atoms with E-state index in [1.54, 1.807) is 0 Å². The number of carbonyl (C=O) groups excluding carboxylic acids is 1. The highest BCUT2D eigenvalue weighted by molar-refractivity contribution is 7.92. The second-order valence-corrected chi connectivity index (χ2v) is 6.71. The lowest BCUT2D eigenvalue weighted by atomic mass is 10.1. The zero-order valence-electron chi connectivity index (χ0n) is 11.1. The summed E-state index contributed by atoms with van der Waals surface area (Å²) < 4.78 is 39.7. The summed E-state index contributed by atoms with van der Waals surface area (Å²) in [5.41, 5.74) is 0.689. The molecule has 0 fully saturated rings. The van der Waals surface area contributed by atoms with Gasteiger partial charge in [0.05, 0.1) is 10.8 Å². The molecule has 0 aromatic heterocycles. The van der Waals surface area contributed by atoms with Crippen molar-refractivity contribution in [3.05, 3.63) is 58.9 Å². The maximum Gasteiger partial charge on any atom is 0.263 e. The van der Waals surface area contributed by atoms with Crippen LogP contribution in [0, 0.1) is 5.82 Å². The van der Waals surface area contributed by atoms with Gasteiger partial charge < -0.3 is 0 Å². The number of thiol groups is 1. The molecule has 2 rings (SSSR count). The quantitative estimate of drug-likeness (QED) is 0.635. The minimum Gasteiger partial charge on any atom is -0.293 e. The normalized spacial score (nSPS) is 11.2. The Kier molecular flexibility index (Phi) is 5.10. The van der Waals surface area contributed by atoms with Crippen LogP contribution in [0.25, 0.3) is 0 Å². The molecular formula is C14H11ClFNO3S2. The third kappa shape index (κ3) is 3.79. The van der Waals surface area contributed by atoms with E-state index in [0.29, 0.717) is 5.56 Å². The number of nitrogens with one attached hydrogen (secondary N) is 1. The van der Waals surface area contributed by atoms with Crippen LogP contribution < -0.4 is 4.72 Å². The lowest BCUT2D eigenvalue weighted by Gasteiger charge is -2.10. The summed E-state index contributed by atoms with van der Waals surface area (Å²) >= 11 is 9.64. The van der Waals surface area contributed by atoms with Crippen LogP contribution in [0.2, 0.25) is 5.02 Å². The number of anilines is 1. The molecule has 0 aliphatic carbocycles. The summed E-state index contributed by atoms with van der Waals surface area (Å²) in [5, 5.41) is -0.214. The molecule has 8 heteroatoms. The Balaban J connectivity index is 2.27. The van der Waals surface area contributed by atoms with E-state index in [0.717, 1.165) is 18.2 Å². The largest absolute Gasteiger partial charge is 0.293 e. The fourth-order valence-electron chi connectivity index (χ4n) is 1.72. The van der Waals surface area contributed by atoms with E-state index in [1.165, 1.54) is 24.3 Å². The lowest BCUT2D eigenvalue weighted by Crippen LogP contribution is -2.13. The lowest BCUT2D eigenvalue weighted by molar-refractivity contribution is 0.102. The van der Waals surface area contributed by atoms with Gasteiger partial charge in [0.2, 0.25) is 0 Å². The fraction of sp³-hybridized carbons (Fsp3) is 0.0714. The minimum absolute atomic E-state index is 0.0657. The van der Waals surface area contributed by atoms with Gasteiger partial charge in [-0.1, -0.05) is 11.6 Å². The van der Waals surface area contributed by atoms with E-state index in [-0.39, 0.29) is 27.1 Å². The van der Waals surface area contributed by atoms with Crippen molar-refractivity contribution in [3.63, 3.8) is 0 Å². The van der Waals surface area contributed by atoms with Gasteiger partial charge in [-0.05, 0) is 42.5 Å². The van der Waals surface area contributed by atoms with Crippen molar-refractivity contribution in [1.29, 1.82) is 0 Å². The van der Waals surface area contributed by atoms with Crippen molar-refractivity contribution in [2.45, 2.75) is 4.90 Å². The average Bonchev–Trinajstić information content (AvgIpc) is 2.46. The molecule has 0 bridgehead atoms. The summed E-state index contributed by atoms with van der Waals surface area (Å²) in [5.74, 6) is -0.728. The van der Waals surface area contributed by atoms with Crippen molar-refractivity contribution in [3.8, 4) is 0 Å². The number of carbonyl (C=O) groups is 1. The van der Waals surface area contributed by atoms with E-state index in [1.807, 2.05) is 0 Å². The molecule has 0 spiro atoms. The van der Waals surface area contributed by atoms with Crippen molar-refractivity contribution in [1.82, 2.24) is 0 Å². The Morgan fingerprint density at radius 2 is 1.82 bits per heavy atom. The predicted molar refractivity (Wildman–Crippen MR) is 86.8 cm³/mol. The molecule has 0 aliphatic heterocycles. The maximum absolute atomic E-state index is 13.0. The molecule has 0 heterocycles. The Morgan fingerprint density at radius 3 is 2.36 bits per heavy atom. The summed E-state index contributed by atoms with van der Waals surface area (Å²) in [7, 11) is -3.95. The summed E-state index contributed by atoms with van der Waals surface area (Å²) in [6, 6.07) is 8.89. The highest BCUT2D eigenvalue weighted by Crippen LogP contribution is 2.24. The van der Waals surface area contributed by atoms with Gasteiger partial charge in [-0.3, -0.25) is 9.52 Å². The molecule has 2 aromatic carbocycles. The molecule has 2 aromatic rings. The van der Waals surface area contributed by atoms with Crippen molar-refractivity contribution in [2.75, 3.05) is 10.5 Å². The van der Waals surface area contributed by atoms with Crippen LogP contribution in [0.3, 0.4) is 0 Å². The molecule has 22 heavy (non-hydrogen) atoms. The number of ketones is 1. The number of hydrogen-bond acceptors (Lipinski definition) is 4. The van der Waals surface area contributed by atoms with Crippen molar-refractivity contribution in [2.24, 2.45) is 0 Å². The number of hydrogen-bond donors (Lipinski definition) is 2. The van der Waals surface area contributed by atoms with Crippen LogP contribution in [0.15, 0.2) is 47.4 Å². The van der Waals surface area contributed by atoms with E-state index >= 15 is 0 Å². The molecular weight excluding hydrogens is 349 g/mol. The minimum atomic E-state index is -3.95. The molecule has 1 N–H and O–H groups in total. The van der Waals surface area contributed by atoms with Gasteiger partial charge in [0, 0.05) is 11.3 Å². The fourth-order valence-corrected chi connectivity index (χ4v) is 3.49. The third-order valence-corrected chi connectivity index (χ3v) is 4.94. The van der Waals surface area contributed by atoms with Gasteiger partial charge in [0.15, 0.2) is 5.78 Å². The highest BCUT2D eigenvalue weighted by atomic mass is 35.5. The first-order valence-electron chi connectivity index (χ1n) is 6.05. The summed E-state index contributed by atoms with van der Waals surface area (Å²) in [6.45, 7) is 0. The first kappa shape index (κ1) is 16.8. The number of halogens is 2. The smallest absolute Gasteiger partial charge is 0.263 e. The van der Waals surface area contributed by atoms with E-state index < -0.39 is 15.8 Å². The van der Waals surface area contributed by atoms with Crippen molar-refractivity contribution < 1.29 is 17.6 Å². The Bertz CT molecular complexity index is 807. The SMILES string of the molecule is O=C(CS)c1ccc(NS(=O)(=O)c2ccc(F)cc2Cl)cc1. The average molecular weight is 360 g/mol. The Hall–Kier alpha value is -1.57. The van der Waals surface area contributed by atoms with Crippen LogP contribution >= 0.6 is 24.2 Å². The van der Waals surface area contributed by atoms with E-state index in [9.17, 15) is 17.6 Å². The molecule has 116 valence electrons. The molecule has 0 saturated heterocycles. The predicted octanol–water partition coefficient (Wildman–Crippen LogP) is 3.39. The van der Waals surface area contributed by atoms with Gasteiger partial charge in [0.1, 0.15) is 10.7 Å². The topological polar surface area (TPSA) is 63.2 Å². The molecule has 0 atom stereocenters. The Labute approximate surface area is 137 Å². The standard InChI is InChI=1S/C14H11ClFNO3S2/c15-12-7-10(16)3-6-14(12)22(19,20)17-11-4-1-9(2-5-11)13(18)8-21/h1-7,17,21H,8H2. The van der Waals surface area contributed by atoms with Gasteiger partial charge in [-0.15, -0.1) is 0 Å². The van der Waals surface area contributed by atoms with Crippen LogP contribution in [0.1, 0.15) is 10.4 Å². The molecule has 0 amide bonds. The van der Waals surface area contributed by atoms with Crippen LogP contribution in [0.4, 0.5) is 10.1 Å². The monoisotopic (exact) mass is 359 g/mol.